The first-order valence-electron chi connectivity index (χ1n) is 10.6. The summed E-state index contributed by atoms with van der Waals surface area (Å²) in [5.74, 6) is 0.815. The predicted molar refractivity (Wildman–Crippen MR) is 111 cm³/mol. The van der Waals surface area contributed by atoms with Crippen LogP contribution >= 0.6 is 0 Å². The number of nitrogens with one attached hydrogen (secondary N) is 1. The van der Waals surface area contributed by atoms with Gasteiger partial charge in [0.15, 0.2) is 0 Å². The Morgan fingerprint density at radius 2 is 1.87 bits per heavy atom. The van der Waals surface area contributed by atoms with E-state index in [-0.39, 0.29) is 13.2 Å². The second-order valence-corrected chi connectivity index (χ2v) is 7.79. The number of hydrogen-bond donors (Lipinski definition) is 5. The van der Waals surface area contributed by atoms with Gasteiger partial charge in [0.1, 0.15) is 23.7 Å². The number of aliphatic hydroxyl groups excluding tert-OH is 4. The van der Waals surface area contributed by atoms with Crippen molar-refractivity contribution in [1.82, 2.24) is 20.3 Å². The maximum Gasteiger partial charge on any atom is 0.119 e. The van der Waals surface area contributed by atoms with E-state index in [1.165, 1.54) is 0 Å². The molecule has 0 spiro atoms. The van der Waals surface area contributed by atoms with E-state index in [2.05, 4.69) is 15.4 Å². The van der Waals surface area contributed by atoms with Crippen molar-refractivity contribution < 1.29 is 25.2 Å². The molecule has 1 saturated heterocycles. The van der Waals surface area contributed by atoms with Gasteiger partial charge in [0, 0.05) is 12.1 Å². The Morgan fingerprint density at radius 3 is 2.63 bits per heavy atom. The highest BCUT2D eigenvalue weighted by Gasteiger charge is 2.40. The van der Waals surface area contributed by atoms with Crippen molar-refractivity contribution in [2.24, 2.45) is 0 Å². The molecular formula is C21H32N4O5. The molecule has 30 heavy (non-hydrogen) atoms. The molecule has 166 valence electrons. The maximum atomic E-state index is 10.0. The number of aliphatic hydroxyl groups is 4. The number of ether oxygens (including phenoxy) is 1. The van der Waals surface area contributed by atoms with E-state index < -0.39 is 24.4 Å². The van der Waals surface area contributed by atoms with Gasteiger partial charge in [0.25, 0.3) is 0 Å². The van der Waals surface area contributed by atoms with E-state index in [1.807, 2.05) is 29.2 Å². The zero-order valence-corrected chi connectivity index (χ0v) is 17.1. The van der Waals surface area contributed by atoms with Crippen molar-refractivity contribution in [1.29, 1.82) is 0 Å². The molecule has 9 heteroatoms. The fourth-order valence-electron chi connectivity index (χ4n) is 3.86. The number of β-amino-alcohol motifs (C(OH)–C–C–N with tert-alkyl or cyclic N) is 1. The topological polar surface area (TPSA) is 135 Å². The fourth-order valence-corrected chi connectivity index (χ4v) is 3.86. The highest BCUT2D eigenvalue weighted by Crippen LogP contribution is 2.22. The quantitative estimate of drug-likeness (QED) is 0.333. The highest BCUT2D eigenvalue weighted by atomic mass is 16.5. The Kier molecular flexibility index (Phi) is 8.59. The fraction of sp³-hybridized carbons (Fsp3) is 0.619. The molecule has 0 saturated carbocycles. The summed E-state index contributed by atoms with van der Waals surface area (Å²) >= 11 is 0. The summed E-state index contributed by atoms with van der Waals surface area (Å²) in [5.41, 5.74) is 1.75. The van der Waals surface area contributed by atoms with Crippen LogP contribution in [-0.4, -0.2) is 91.4 Å². The minimum atomic E-state index is -1.20. The average Bonchev–Trinajstić information content (AvgIpc) is 3.29. The lowest BCUT2D eigenvalue weighted by Gasteiger charge is -2.43. The molecule has 2 aromatic rings. The molecule has 1 aliphatic rings. The molecular weight excluding hydrogens is 388 g/mol. The molecule has 1 aromatic carbocycles. The zero-order valence-electron chi connectivity index (χ0n) is 17.1. The largest absolute Gasteiger partial charge is 0.494 e. The lowest BCUT2D eigenvalue weighted by molar-refractivity contribution is -0.145. The second-order valence-electron chi connectivity index (χ2n) is 7.79. The van der Waals surface area contributed by atoms with Crippen LogP contribution in [0.2, 0.25) is 0 Å². The number of benzene rings is 1. The van der Waals surface area contributed by atoms with Crippen LogP contribution in [0.1, 0.15) is 32.1 Å². The molecule has 5 N–H and O–H groups in total. The van der Waals surface area contributed by atoms with E-state index >= 15 is 0 Å². The Hall–Kier alpha value is -2.04. The van der Waals surface area contributed by atoms with Crippen molar-refractivity contribution in [2.45, 2.75) is 56.5 Å². The van der Waals surface area contributed by atoms with Crippen LogP contribution in [0, 0.1) is 0 Å². The molecule has 2 heterocycles. The van der Waals surface area contributed by atoms with Gasteiger partial charge in [-0.1, -0.05) is 31.4 Å². The van der Waals surface area contributed by atoms with Crippen molar-refractivity contribution in [3.05, 3.63) is 30.5 Å². The number of piperidine rings is 1. The molecule has 0 amide bonds. The van der Waals surface area contributed by atoms with E-state index in [9.17, 15) is 20.4 Å². The average molecular weight is 421 g/mol. The van der Waals surface area contributed by atoms with E-state index in [4.69, 9.17) is 4.74 Å². The Balaban J connectivity index is 1.29. The predicted octanol–water partition coefficient (Wildman–Crippen LogP) is 0.560. The molecule has 1 aromatic heterocycles. The summed E-state index contributed by atoms with van der Waals surface area (Å²) in [6.07, 6.45) is 3.37. The lowest BCUT2D eigenvalue weighted by atomic mass is 9.94. The first kappa shape index (κ1) is 22.6. The van der Waals surface area contributed by atoms with E-state index in [0.717, 1.165) is 49.1 Å². The van der Waals surface area contributed by atoms with Gasteiger partial charge < -0.3 is 25.2 Å². The smallest absolute Gasteiger partial charge is 0.119 e. The Labute approximate surface area is 176 Å². The molecule has 0 unspecified atom stereocenters. The third kappa shape index (κ3) is 5.99. The van der Waals surface area contributed by atoms with Gasteiger partial charge in [-0.05, 0) is 31.5 Å². The van der Waals surface area contributed by atoms with Gasteiger partial charge in [0.05, 0.1) is 31.6 Å². The summed E-state index contributed by atoms with van der Waals surface area (Å²) in [6.45, 7) is 1.36. The molecule has 9 nitrogen and oxygen atoms in total. The second kappa shape index (κ2) is 11.4. The first-order valence-corrected chi connectivity index (χ1v) is 10.6. The number of aromatic amines is 1. The summed E-state index contributed by atoms with van der Waals surface area (Å²) < 4.78 is 5.84. The minimum Gasteiger partial charge on any atom is -0.494 e. The van der Waals surface area contributed by atoms with Crippen molar-refractivity contribution in [2.75, 3.05) is 26.3 Å². The summed E-state index contributed by atoms with van der Waals surface area (Å²) in [4.78, 5) is 1.87. The number of hydrogen-bond acceptors (Lipinski definition) is 8. The molecule has 0 bridgehead atoms. The normalized spacial score (nSPS) is 24.8. The Bertz CT molecular complexity index is 745. The van der Waals surface area contributed by atoms with Crippen LogP contribution in [-0.2, 0) is 0 Å². The highest BCUT2D eigenvalue weighted by molar-refractivity contribution is 5.59. The van der Waals surface area contributed by atoms with Crippen LogP contribution in [0.15, 0.2) is 30.5 Å². The van der Waals surface area contributed by atoms with E-state index in [1.54, 1.807) is 6.20 Å². The van der Waals surface area contributed by atoms with E-state index in [0.29, 0.717) is 13.2 Å². The van der Waals surface area contributed by atoms with Crippen LogP contribution in [0.4, 0.5) is 0 Å². The number of nitrogens with zero attached hydrogens (tertiary/aromatic N) is 3. The van der Waals surface area contributed by atoms with Crippen molar-refractivity contribution in [3.8, 4) is 17.0 Å². The van der Waals surface area contributed by atoms with Gasteiger partial charge >= 0.3 is 0 Å². The Morgan fingerprint density at radius 1 is 1.07 bits per heavy atom. The SMILES string of the molecule is OC[C@@H]1[C@@H](O)[C@H](O)[C@@H](O)CN1CCCCCCCOc1cccc(-c2cn[nH]n2)c1. The van der Waals surface area contributed by atoms with Gasteiger partial charge in [-0.25, -0.2) is 0 Å². The zero-order chi connectivity index (χ0) is 21.3. The standard InChI is InChI=1S/C21H32N4O5/c26-14-18-20(28)21(29)19(27)13-25(18)9-4-2-1-3-5-10-30-16-8-6-7-15(11-16)17-12-22-24-23-17/h6-8,11-12,18-21,26-29H,1-5,9-10,13-14H2,(H,22,23,24)/t18-,19+,20-,21-/m1/s1. The molecule has 3 rings (SSSR count). The van der Waals surface area contributed by atoms with Crippen LogP contribution in [0.5, 0.6) is 5.75 Å². The summed E-state index contributed by atoms with van der Waals surface area (Å²) in [5, 5.41) is 49.6. The molecule has 1 fully saturated rings. The van der Waals surface area contributed by atoms with Gasteiger partial charge in [0.2, 0.25) is 0 Å². The van der Waals surface area contributed by atoms with Crippen molar-refractivity contribution in [3.63, 3.8) is 0 Å². The van der Waals surface area contributed by atoms with Gasteiger partial charge in [-0.2, -0.15) is 15.4 Å². The molecule has 0 radical (unpaired) electrons. The van der Waals surface area contributed by atoms with Crippen LogP contribution in [0.3, 0.4) is 0 Å². The molecule has 0 aliphatic carbocycles. The number of likely N-dealkylation sites (tertiary alicyclic amines) is 1. The van der Waals surface area contributed by atoms with Crippen molar-refractivity contribution >= 4 is 0 Å². The summed E-state index contributed by atoms with van der Waals surface area (Å²) in [7, 11) is 0. The number of unbranched alkanes of at least 4 members (excludes halogenated alkanes) is 4. The molecule has 1 aliphatic heterocycles. The number of rotatable bonds is 11. The number of H-pyrrole nitrogens is 1. The minimum absolute atomic E-state index is 0.236. The monoisotopic (exact) mass is 420 g/mol. The van der Waals surface area contributed by atoms with Crippen LogP contribution in [0.25, 0.3) is 11.3 Å². The summed E-state index contributed by atoms with van der Waals surface area (Å²) in [6, 6.07) is 7.26. The number of aromatic nitrogens is 3. The van der Waals surface area contributed by atoms with Gasteiger partial charge in [-0.15, -0.1) is 0 Å². The van der Waals surface area contributed by atoms with Crippen LogP contribution < -0.4 is 4.74 Å². The maximum absolute atomic E-state index is 10.0. The lowest BCUT2D eigenvalue weighted by Crippen LogP contribution is -2.62. The first-order chi connectivity index (χ1) is 14.6. The third-order valence-corrected chi connectivity index (χ3v) is 5.62. The molecule has 4 atom stereocenters. The van der Waals surface area contributed by atoms with Gasteiger partial charge in [-0.3, -0.25) is 4.90 Å². The third-order valence-electron chi connectivity index (χ3n) is 5.62.